The van der Waals surface area contributed by atoms with E-state index in [9.17, 15) is 4.79 Å². The van der Waals surface area contributed by atoms with E-state index in [2.05, 4.69) is 25.7 Å². The van der Waals surface area contributed by atoms with Crippen LogP contribution < -0.4 is 4.74 Å². The van der Waals surface area contributed by atoms with Gasteiger partial charge in [0.2, 0.25) is 0 Å². The summed E-state index contributed by atoms with van der Waals surface area (Å²) >= 11 is 0. The van der Waals surface area contributed by atoms with Crippen LogP contribution in [0.3, 0.4) is 0 Å². The SMILES string of the molecule is CCc1ccc(OC(=O)N(C(C)C)C2CN3CCC2CC3)cc1. The summed E-state index contributed by atoms with van der Waals surface area (Å²) < 4.78 is 5.67. The fourth-order valence-electron chi connectivity index (χ4n) is 3.92. The number of nitrogens with zero attached hydrogens (tertiary/aromatic N) is 2. The number of hydrogen-bond donors (Lipinski definition) is 0. The Morgan fingerprint density at radius 2 is 1.91 bits per heavy atom. The van der Waals surface area contributed by atoms with Crippen LogP contribution in [-0.4, -0.2) is 47.6 Å². The second-order valence-electron chi connectivity index (χ2n) is 7.07. The van der Waals surface area contributed by atoms with Crippen molar-refractivity contribution in [2.24, 2.45) is 5.92 Å². The lowest BCUT2D eigenvalue weighted by atomic mass is 9.83. The minimum absolute atomic E-state index is 0.156. The molecule has 1 aromatic carbocycles. The fourth-order valence-corrected chi connectivity index (χ4v) is 3.92. The molecule has 0 radical (unpaired) electrons. The quantitative estimate of drug-likeness (QED) is 0.851. The van der Waals surface area contributed by atoms with Crippen LogP contribution in [0, 0.1) is 5.92 Å². The number of amides is 1. The first-order valence-corrected chi connectivity index (χ1v) is 8.90. The molecule has 1 aromatic rings. The molecule has 0 spiro atoms. The van der Waals surface area contributed by atoms with Gasteiger partial charge in [-0.3, -0.25) is 0 Å². The molecule has 23 heavy (non-hydrogen) atoms. The Morgan fingerprint density at radius 1 is 1.26 bits per heavy atom. The van der Waals surface area contributed by atoms with Crippen molar-refractivity contribution in [2.45, 2.75) is 52.1 Å². The van der Waals surface area contributed by atoms with Gasteiger partial charge in [-0.15, -0.1) is 0 Å². The molecule has 0 aromatic heterocycles. The average molecular weight is 316 g/mol. The molecule has 4 rings (SSSR count). The summed E-state index contributed by atoms with van der Waals surface area (Å²) in [7, 11) is 0. The highest BCUT2D eigenvalue weighted by Crippen LogP contribution is 2.32. The standard InChI is InChI=1S/C19H28N2O2/c1-4-15-5-7-17(8-6-15)23-19(22)21(14(2)3)18-13-20-11-9-16(18)10-12-20/h5-8,14,16,18H,4,9-13H2,1-3H3. The van der Waals surface area contributed by atoms with Crippen LogP contribution in [0.2, 0.25) is 0 Å². The summed E-state index contributed by atoms with van der Waals surface area (Å²) in [6.07, 6.45) is 3.19. The highest BCUT2D eigenvalue weighted by molar-refractivity contribution is 5.71. The summed E-state index contributed by atoms with van der Waals surface area (Å²) in [6.45, 7) is 9.64. The number of fused-ring (bicyclic) bond motifs is 3. The number of piperidine rings is 3. The molecular weight excluding hydrogens is 288 g/mol. The Balaban J connectivity index is 1.71. The minimum Gasteiger partial charge on any atom is -0.410 e. The zero-order valence-corrected chi connectivity index (χ0v) is 14.5. The third-order valence-electron chi connectivity index (χ3n) is 5.28. The second kappa shape index (κ2) is 6.91. The van der Waals surface area contributed by atoms with Crippen molar-refractivity contribution in [3.63, 3.8) is 0 Å². The molecule has 0 N–H and O–H groups in total. The van der Waals surface area contributed by atoms with Crippen LogP contribution in [-0.2, 0) is 6.42 Å². The number of carbonyl (C=O) groups is 1. The third-order valence-corrected chi connectivity index (χ3v) is 5.28. The molecule has 0 aliphatic carbocycles. The minimum atomic E-state index is -0.206. The van der Waals surface area contributed by atoms with E-state index in [1.807, 2.05) is 29.2 Å². The Bertz CT molecular complexity index is 533. The van der Waals surface area contributed by atoms with Gasteiger partial charge in [0.05, 0.1) is 6.04 Å². The smallest absolute Gasteiger partial charge is 0.410 e. The molecule has 3 fully saturated rings. The molecule has 126 valence electrons. The first kappa shape index (κ1) is 16.3. The lowest BCUT2D eigenvalue weighted by Crippen LogP contribution is -2.60. The van der Waals surface area contributed by atoms with Crippen molar-refractivity contribution in [3.8, 4) is 5.75 Å². The van der Waals surface area contributed by atoms with Crippen LogP contribution in [0.5, 0.6) is 5.75 Å². The highest BCUT2D eigenvalue weighted by atomic mass is 16.6. The lowest BCUT2D eigenvalue weighted by molar-refractivity contribution is 0.00133. The molecule has 3 heterocycles. The maximum Gasteiger partial charge on any atom is 0.415 e. The van der Waals surface area contributed by atoms with Crippen LogP contribution in [0.15, 0.2) is 24.3 Å². The Labute approximate surface area is 139 Å². The maximum absolute atomic E-state index is 12.8. The van der Waals surface area contributed by atoms with Gasteiger partial charge in [0.15, 0.2) is 0 Å². The molecule has 3 aliphatic rings. The second-order valence-corrected chi connectivity index (χ2v) is 7.07. The molecule has 0 saturated carbocycles. The molecular formula is C19H28N2O2. The summed E-state index contributed by atoms with van der Waals surface area (Å²) in [5.74, 6) is 1.26. The van der Waals surface area contributed by atoms with E-state index < -0.39 is 0 Å². The monoisotopic (exact) mass is 316 g/mol. The van der Waals surface area contributed by atoms with Crippen molar-refractivity contribution >= 4 is 6.09 Å². The number of hydrogen-bond acceptors (Lipinski definition) is 3. The Kier molecular flexibility index (Phi) is 4.90. The van der Waals surface area contributed by atoms with Gasteiger partial charge in [0, 0.05) is 12.6 Å². The molecule has 3 aliphatic heterocycles. The normalized spacial score (nSPS) is 26.3. The zero-order chi connectivity index (χ0) is 16.4. The first-order valence-electron chi connectivity index (χ1n) is 8.90. The van der Waals surface area contributed by atoms with Crippen molar-refractivity contribution in [1.29, 1.82) is 0 Å². The maximum atomic E-state index is 12.8. The van der Waals surface area contributed by atoms with Crippen LogP contribution >= 0.6 is 0 Å². The molecule has 3 saturated heterocycles. The van der Waals surface area contributed by atoms with E-state index in [4.69, 9.17) is 4.74 Å². The molecule has 4 heteroatoms. The van der Waals surface area contributed by atoms with Gasteiger partial charge < -0.3 is 14.5 Å². The zero-order valence-electron chi connectivity index (χ0n) is 14.5. The van der Waals surface area contributed by atoms with Crippen molar-refractivity contribution < 1.29 is 9.53 Å². The summed E-state index contributed by atoms with van der Waals surface area (Å²) in [5, 5.41) is 0. The lowest BCUT2D eigenvalue weighted by Gasteiger charge is -2.49. The van der Waals surface area contributed by atoms with Gasteiger partial charge in [-0.1, -0.05) is 19.1 Å². The van der Waals surface area contributed by atoms with Gasteiger partial charge in [0.25, 0.3) is 0 Å². The van der Waals surface area contributed by atoms with E-state index in [1.54, 1.807) is 0 Å². The summed E-state index contributed by atoms with van der Waals surface area (Å²) in [5.41, 5.74) is 1.25. The number of ether oxygens (including phenoxy) is 1. The van der Waals surface area contributed by atoms with Crippen LogP contribution in [0.4, 0.5) is 4.79 Å². The van der Waals surface area contributed by atoms with E-state index in [-0.39, 0.29) is 12.1 Å². The topological polar surface area (TPSA) is 32.8 Å². The number of carbonyl (C=O) groups excluding carboxylic acids is 1. The van der Waals surface area contributed by atoms with E-state index in [0.29, 0.717) is 17.7 Å². The number of rotatable bonds is 4. The van der Waals surface area contributed by atoms with Crippen molar-refractivity contribution in [1.82, 2.24) is 9.80 Å². The predicted octanol–water partition coefficient (Wildman–Crippen LogP) is 3.55. The van der Waals surface area contributed by atoms with E-state index in [1.165, 1.54) is 31.5 Å². The molecule has 4 nitrogen and oxygen atoms in total. The Morgan fingerprint density at radius 3 is 2.39 bits per heavy atom. The molecule has 1 amide bonds. The van der Waals surface area contributed by atoms with Gasteiger partial charge >= 0.3 is 6.09 Å². The van der Waals surface area contributed by atoms with Crippen molar-refractivity contribution in [2.75, 3.05) is 19.6 Å². The predicted molar refractivity (Wildman–Crippen MR) is 91.8 cm³/mol. The van der Waals surface area contributed by atoms with Crippen molar-refractivity contribution in [3.05, 3.63) is 29.8 Å². The first-order chi connectivity index (χ1) is 11.1. The van der Waals surface area contributed by atoms with Gasteiger partial charge in [-0.2, -0.15) is 0 Å². The molecule has 1 atom stereocenters. The molecule has 2 bridgehead atoms. The number of benzene rings is 1. The number of aryl methyl sites for hydroxylation is 1. The molecule has 1 unspecified atom stereocenters. The largest absolute Gasteiger partial charge is 0.415 e. The third kappa shape index (κ3) is 3.52. The summed E-state index contributed by atoms with van der Waals surface area (Å²) in [4.78, 5) is 17.2. The van der Waals surface area contributed by atoms with E-state index >= 15 is 0 Å². The fraction of sp³-hybridized carbons (Fsp3) is 0.632. The highest BCUT2D eigenvalue weighted by Gasteiger charge is 2.40. The van der Waals surface area contributed by atoms with Crippen LogP contribution in [0.25, 0.3) is 0 Å². The van der Waals surface area contributed by atoms with Gasteiger partial charge in [0.1, 0.15) is 5.75 Å². The Hall–Kier alpha value is -1.55. The summed E-state index contributed by atoms with van der Waals surface area (Å²) in [6, 6.07) is 8.29. The van der Waals surface area contributed by atoms with Gasteiger partial charge in [-0.05, 0) is 69.8 Å². The van der Waals surface area contributed by atoms with Crippen LogP contribution in [0.1, 0.15) is 39.2 Å². The average Bonchev–Trinajstić information content (AvgIpc) is 2.56. The van der Waals surface area contributed by atoms with Gasteiger partial charge in [-0.25, -0.2) is 4.79 Å². The van der Waals surface area contributed by atoms with E-state index in [0.717, 1.165) is 13.0 Å².